The van der Waals surface area contributed by atoms with Gasteiger partial charge in [0.15, 0.2) is 0 Å². The van der Waals surface area contributed by atoms with Gasteiger partial charge >= 0.3 is 6.03 Å². The summed E-state index contributed by atoms with van der Waals surface area (Å²) in [6, 6.07) is 37.5. The molecule has 2 aliphatic heterocycles. The van der Waals surface area contributed by atoms with Gasteiger partial charge in [0.25, 0.3) is 11.6 Å². The second-order valence-corrected chi connectivity index (χ2v) is 9.38. The van der Waals surface area contributed by atoms with Crippen LogP contribution in [0.25, 0.3) is 0 Å². The number of anilines is 2. The number of carbonyl (C=O) groups excluding carboxylic acids is 2. The van der Waals surface area contributed by atoms with E-state index in [4.69, 9.17) is 4.84 Å². The Morgan fingerprint density at radius 2 is 1.24 bits per heavy atom. The molecule has 6 heteroatoms. The minimum atomic E-state index is -1.52. The Balaban J connectivity index is 1.51. The van der Waals surface area contributed by atoms with Crippen molar-refractivity contribution in [1.82, 2.24) is 4.90 Å². The average Bonchev–Trinajstić information content (AvgIpc) is 3.45. The maximum atomic E-state index is 14.4. The summed E-state index contributed by atoms with van der Waals surface area (Å²) in [4.78, 5) is 38.0. The Labute approximate surface area is 216 Å². The molecule has 2 heterocycles. The van der Waals surface area contributed by atoms with Crippen molar-refractivity contribution < 1.29 is 14.4 Å². The summed E-state index contributed by atoms with van der Waals surface area (Å²) in [5.74, 6) is -0.383. The van der Waals surface area contributed by atoms with Gasteiger partial charge in [-0.15, -0.1) is 0 Å². The van der Waals surface area contributed by atoms with E-state index >= 15 is 0 Å². The highest BCUT2D eigenvalue weighted by Crippen LogP contribution is 2.51. The summed E-state index contributed by atoms with van der Waals surface area (Å²) < 4.78 is 0. The molecule has 184 valence electrons. The number of urea groups is 1. The topological polar surface area (TPSA) is 53.1 Å². The van der Waals surface area contributed by atoms with Gasteiger partial charge < -0.3 is 0 Å². The Morgan fingerprint density at radius 3 is 1.84 bits per heavy atom. The summed E-state index contributed by atoms with van der Waals surface area (Å²) >= 11 is 0. The molecular weight excluding hydrogens is 462 g/mol. The first-order valence-electron chi connectivity index (χ1n) is 12.5. The van der Waals surface area contributed by atoms with Crippen molar-refractivity contribution in [3.63, 3.8) is 0 Å². The molecule has 3 amide bonds. The average molecular weight is 490 g/mol. The monoisotopic (exact) mass is 489 g/mol. The fourth-order valence-corrected chi connectivity index (χ4v) is 5.40. The highest BCUT2D eigenvalue weighted by Gasteiger charge is 2.66. The Kier molecular flexibility index (Phi) is 5.74. The molecule has 0 N–H and O–H groups in total. The first-order valence-corrected chi connectivity index (χ1v) is 12.5. The van der Waals surface area contributed by atoms with Crippen molar-refractivity contribution in [2.75, 3.05) is 9.96 Å². The first-order chi connectivity index (χ1) is 18.1. The number of nitrogens with zero attached hydrogens (tertiary/aromatic N) is 3. The third kappa shape index (κ3) is 3.77. The molecule has 0 aromatic heterocycles. The number of para-hydroxylation sites is 2. The molecule has 2 unspecified atom stereocenters. The smallest absolute Gasteiger partial charge is 0.278 e. The predicted octanol–water partition coefficient (Wildman–Crippen LogP) is 6.50. The maximum absolute atomic E-state index is 14.4. The van der Waals surface area contributed by atoms with Crippen molar-refractivity contribution in [3.8, 4) is 0 Å². The predicted molar refractivity (Wildman–Crippen MR) is 143 cm³/mol. The number of hydroxylamine groups is 1. The van der Waals surface area contributed by atoms with Crippen LogP contribution in [-0.4, -0.2) is 22.6 Å². The lowest BCUT2D eigenvalue weighted by Gasteiger charge is -2.35. The van der Waals surface area contributed by atoms with Crippen LogP contribution in [0.2, 0.25) is 0 Å². The normalized spacial score (nSPS) is 22.2. The van der Waals surface area contributed by atoms with Crippen LogP contribution in [0.1, 0.15) is 36.6 Å². The highest BCUT2D eigenvalue weighted by atomic mass is 16.7. The molecular formula is C31H27N3O3. The SMILES string of the molecule is C[C@@H](c1ccccc1)N1C(=O)N(c2ccccc2)C(=O)C12CC(c1ccccc1)N(c1ccccc1)O2. The summed E-state index contributed by atoms with van der Waals surface area (Å²) in [7, 11) is 0. The Hall–Kier alpha value is -4.42. The lowest BCUT2D eigenvalue weighted by molar-refractivity contribution is -0.155. The quantitative estimate of drug-likeness (QED) is 0.301. The van der Waals surface area contributed by atoms with E-state index in [1.54, 1.807) is 22.1 Å². The molecule has 4 aromatic carbocycles. The molecule has 0 saturated carbocycles. The van der Waals surface area contributed by atoms with Crippen molar-refractivity contribution in [2.45, 2.75) is 31.2 Å². The number of rotatable bonds is 5. The van der Waals surface area contributed by atoms with E-state index in [9.17, 15) is 9.59 Å². The summed E-state index contributed by atoms with van der Waals surface area (Å²) in [5, 5.41) is 1.79. The minimum Gasteiger partial charge on any atom is -0.278 e. The fourth-order valence-electron chi connectivity index (χ4n) is 5.40. The lowest BCUT2D eigenvalue weighted by Crippen LogP contribution is -2.51. The van der Waals surface area contributed by atoms with E-state index in [0.29, 0.717) is 5.69 Å². The zero-order chi connectivity index (χ0) is 25.4. The van der Waals surface area contributed by atoms with Gasteiger partial charge in [0.2, 0.25) is 0 Å². The van der Waals surface area contributed by atoms with Gasteiger partial charge in [-0.3, -0.25) is 9.69 Å². The van der Waals surface area contributed by atoms with Crippen LogP contribution >= 0.6 is 0 Å². The molecule has 3 atom stereocenters. The first kappa shape index (κ1) is 23.0. The molecule has 2 aliphatic rings. The molecule has 0 bridgehead atoms. The van der Waals surface area contributed by atoms with E-state index in [1.807, 2.05) is 116 Å². The lowest BCUT2D eigenvalue weighted by atomic mass is 9.95. The summed E-state index contributed by atoms with van der Waals surface area (Å²) in [6.45, 7) is 1.95. The molecule has 37 heavy (non-hydrogen) atoms. The molecule has 2 saturated heterocycles. The zero-order valence-electron chi connectivity index (χ0n) is 20.5. The van der Waals surface area contributed by atoms with Gasteiger partial charge in [-0.1, -0.05) is 97.1 Å². The van der Waals surface area contributed by atoms with E-state index in [2.05, 4.69) is 0 Å². The maximum Gasteiger partial charge on any atom is 0.334 e. The standard InChI is InChI=1S/C31H27N3O3/c1-23(24-14-6-2-7-15-24)33-30(36)32(26-18-10-4-11-19-26)29(35)31(33)22-28(25-16-8-3-9-17-25)34(37-31)27-20-12-5-13-21-27/h2-21,23,28H,22H2,1H3/t23-,28?,31?/m0/s1. The summed E-state index contributed by atoms with van der Waals surface area (Å²) in [5.41, 5.74) is 1.76. The largest absolute Gasteiger partial charge is 0.334 e. The van der Waals surface area contributed by atoms with Crippen LogP contribution in [0, 0.1) is 0 Å². The second-order valence-electron chi connectivity index (χ2n) is 9.38. The van der Waals surface area contributed by atoms with E-state index in [0.717, 1.165) is 16.8 Å². The molecule has 6 rings (SSSR count). The molecule has 0 radical (unpaired) electrons. The van der Waals surface area contributed by atoms with Gasteiger partial charge in [0.05, 0.1) is 23.5 Å². The number of benzene rings is 4. The Bertz CT molecular complexity index is 1350. The van der Waals surface area contributed by atoms with Crippen LogP contribution < -0.4 is 9.96 Å². The van der Waals surface area contributed by atoms with Gasteiger partial charge in [0.1, 0.15) is 0 Å². The summed E-state index contributed by atoms with van der Waals surface area (Å²) in [6.07, 6.45) is 0.289. The van der Waals surface area contributed by atoms with Crippen LogP contribution in [0.15, 0.2) is 121 Å². The fraction of sp³-hybridized carbons (Fsp3) is 0.161. The number of amides is 3. The van der Waals surface area contributed by atoms with Gasteiger partial charge in [-0.05, 0) is 42.3 Å². The Morgan fingerprint density at radius 1 is 0.730 bits per heavy atom. The van der Waals surface area contributed by atoms with Gasteiger partial charge in [-0.2, -0.15) is 0 Å². The zero-order valence-corrected chi connectivity index (χ0v) is 20.5. The van der Waals surface area contributed by atoms with E-state index in [1.165, 1.54) is 4.90 Å². The van der Waals surface area contributed by atoms with E-state index in [-0.39, 0.29) is 18.4 Å². The van der Waals surface area contributed by atoms with Crippen molar-refractivity contribution in [3.05, 3.63) is 132 Å². The van der Waals surface area contributed by atoms with Crippen molar-refractivity contribution >= 4 is 23.3 Å². The van der Waals surface area contributed by atoms with Gasteiger partial charge in [-0.25, -0.2) is 19.6 Å². The molecule has 1 spiro atoms. The number of hydrogen-bond donors (Lipinski definition) is 0. The highest BCUT2D eigenvalue weighted by molar-refractivity contribution is 6.23. The number of imide groups is 1. The number of hydrogen-bond acceptors (Lipinski definition) is 4. The van der Waals surface area contributed by atoms with Gasteiger partial charge in [0, 0.05) is 6.42 Å². The van der Waals surface area contributed by atoms with Crippen molar-refractivity contribution in [2.24, 2.45) is 0 Å². The molecule has 6 nitrogen and oxygen atoms in total. The van der Waals surface area contributed by atoms with Crippen LogP contribution in [0.3, 0.4) is 0 Å². The molecule has 0 aliphatic carbocycles. The minimum absolute atomic E-state index is 0.276. The van der Waals surface area contributed by atoms with Crippen LogP contribution in [0.4, 0.5) is 16.2 Å². The van der Waals surface area contributed by atoms with Crippen LogP contribution in [-0.2, 0) is 9.63 Å². The molecule has 2 fully saturated rings. The third-order valence-electron chi connectivity index (χ3n) is 7.20. The van der Waals surface area contributed by atoms with E-state index < -0.39 is 17.8 Å². The third-order valence-corrected chi connectivity index (χ3v) is 7.20. The molecule has 4 aromatic rings. The van der Waals surface area contributed by atoms with Crippen molar-refractivity contribution in [1.29, 1.82) is 0 Å². The van der Waals surface area contributed by atoms with Crippen LogP contribution in [0.5, 0.6) is 0 Å². The second kappa shape index (κ2) is 9.22. The number of carbonyl (C=O) groups is 2.